The Morgan fingerprint density at radius 1 is 0.926 bits per heavy atom. The van der Waals surface area contributed by atoms with Gasteiger partial charge in [-0.05, 0) is 24.3 Å². The van der Waals surface area contributed by atoms with Crippen molar-refractivity contribution in [3.63, 3.8) is 0 Å². The molecular formula is C18H14F5N3S. The molecule has 0 unspecified atom stereocenters. The molecule has 1 aromatic heterocycles. The lowest BCUT2D eigenvalue weighted by Crippen LogP contribution is -2.46. The van der Waals surface area contributed by atoms with Crippen LogP contribution in [0.4, 0.5) is 32.8 Å². The topological polar surface area (TPSA) is 19.4 Å². The standard InChI is InChI=1S/C18H14F5N3S/c19-12-9-14(20)16-15(10-12)27-17(24-16)26-6-4-25(5-7-26)13-3-1-2-11(8-13)18(21,22)23/h1-3,8-10H,4-7H2. The third kappa shape index (κ3) is 3.55. The van der Waals surface area contributed by atoms with Gasteiger partial charge in [-0.2, -0.15) is 13.2 Å². The zero-order valence-corrected chi connectivity index (χ0v) is 14.7. The molecule has 0 amide bonds. The summed E-state index contributed by atoms with van der Waals surface area (Å²) in [4.78, 5) is 8.07. The van der Waals surface area contributed by atoms with Crippen LogP contribution in [-0.2, 0) is 6.18 Å². The van der Waals surface area contributed by atoms with Crippen LogP contribution in [0.2, 0.25) is 0 Å². The molecule has 0 N–H and O–H groups in total. The van der Waals surface area contributed by atoms with Gasteiger partial charge in [0.05, 0.1) is 10.3 Å². The average molecular weight is 399 g/mol. The van der Waals surface area contributed by atoms with Gasteiger partial charge in [0, 0.05) is 37.9 Å². The summed E-state index contributed by atoms with van der Waals surface area (Å²) in [5, 5.41) is 0.582. The number of piperazine rings is 1. The first-order valence-corrected chi connectivity index (χ1v) is 9.06. The molecule has 4 rings (SSSR count). The Kier molecular flexibility index (Phi) is 4.41. The maximum atomic E-state index is 13.8. The molecule has 1 aliphatic heterocycles. The Balaban J connectivity index is 1.50. The molecule has 0 spiro atoms. The molecule has 0 aliphatic carbocycles. The van der Waals surface area contributed by atoms with Gasteiger partial charge in [-0.1, -0.05) is 17.4 Å². The number of aromatic nitrogens is 1. The molecule has 1 fully saturated rings. The Bertz CT molecular complexity index is 977. The van der Waals surface area contributed by atoms with E-state index in [9.17, 15) is 22.0 Å². The SMILES string of the molecule is Fc1cc(F)c2nc(N3CCN(c4cccc(C(F)(F)F)c4)CC3)sc2c1. The second kappa shape index (κ2) is 6.63. The van der Waals surface area contributed by atoms with E-state index in [1.54, 1.807) is 6.07 Å². The summed E-state index contributed by atoms with van der Waals surface area (Å²) in [6, 6.07) is 7.30. The first-order chi connectivity index (χ1) is 12.8. The summed E-state index contributed by atoms with van der Waals surface area (Å²) in [6.45, 7) is 2.07. The number of anilines is 2. The third-order valence-corrected chi connectivity index (χ3v) is 5.55. The lowest BCUT2D eigenvalue weighted by molar-refractivity contribution is -0.137. The van der Waals surface area contributed by atoms with Gasteiger partial charge in [-0.3, -0.25) is 0 Å². The van der Waals surface area contributed by atoms with Crippen LogP contribution in [0.15, 0.2) is 36.4 Å². The highest BCUT2D eigenvalue weighted by Gasteiger charge is 2.31. The van der Waals surface area contributed by atoms with Crippen molar-refractivity contribution in [3.05, 3.63) is 53.6 Å². The van der Waals surface area contributed by atoms with Crippen LogP contribution in [0.25, 0.3) is 10.2 Å². The van der Waals surface area contributed by atoms with Gasteiger partial charge in [0.2, 0.25) is 0 Å². The van der Waals surface area contributed by atoms with Crippen molar-refractivity contribution < 1.29 is 22.0 Å². The number of fused-ring (bicyclic) bond motifs is 1. The smallest absolute Gasteiger partial charge is 0.368 e. The van der Waals surface area contributed by atoms with Crippen molar-refractivity contribution in [1.82, 2.24) is 4.98 Å². The molecule has 0 atom stereocenters. The second-order valence-electron chi connectivity index (χ2n) is 6.25. The largest absolute Gasteiger partial charge is 0.416 e. The van der Waals surface area contributed by atoms with Crippen molar-refractivity contribution in [2.45, 2.75) is 6.18 Å². The van der Waals surface area contributed by atoms with Gasteiger partial charge >= 0.3 is 6.18 Å². The molecule has 0 saturated carbocycles. The minimum atomic E-state index is -4.38. The van der Waals surface area contributed by atoms with Crippen LogP contribution in [0, 0.1) is 11.6 Å². The van der Waals surface area contributed by atoms with Crippen molar-refractivity contribution in [2.24, 2.45) is 0 Å². The highest BCUT2D eigenvalue weighted by Crippen LogP contribution is 2.34. The second-order valence-corrected chi connectivity index (χ2v) is 7.26. The van der Waals surface area contributed by atoms with E-state index in [0.717, 1.165) is 18.2 Å². The molecule has 142 valence electrons. The van der Waals surface area contributed by atoms with Crippen LogP contribution in [-0.4, -0.2) is 31.2 Å². The van der Waals surface area contributed by atoms with E-state index in [4.69, 9.17) is 0 Å². The Labute approximate surface area is 155 Å². The molecule has 9 heteroatoms. The summed E-state index contributed by atoms with van der Waals surface area (Å²) < 4.78 is 66.3. The van der Waals surface area contributed by atoms with Crippen molar-refractivity contribution >= 4 is 32.4 Å². The van der Waals surface area contributed by atoms with Crippen LogP contribution in [0.5, 0.6) is 0 Å². The van der Waals surface area contributed by atoms with Gasteiger partial charge < -0.3 is 9.80 Å². The fourth-order valence-electron chi connectivity index (χ4n) is 3.12. The van der Waals surface area contributed by atoms with Crippen LogP contribution >= 0.6 is 11.3 Å². The first-order valence-electron chi connectivity index (χ1n) is 8.24. The van der Waals surface area contributed by atoms with E-state index in [2.05, 4.69) is 4.98 Å². The molecule has 0 radical (unpaired) electrons. The number of alkyl halides is 3. The number of hydrogen-bond acceptors (Lipinski definition) is 4. The van der Waals surface area contributed by atoms with E-state index in [1.165, 1.54) is 23.5 Å². The van der Waals surface area contributed by atoms with Gasteiger partial charge in [0.15, 0.2) is 10.9 Å². The average Bonchev–Trinajstić information content (AvgIpc) is 3.06. The highest BCUT2D eigenvalue weighted by atomic mass is 32.1. The third-order valence-electron chi connectivity index (χ3n) is 4.49. The zero-order chi connectivity index (χ0) is 19.2. The van der Waals surface area contributed by atoms with E-state index in [1.807, 2.05) is 9.80 Å². The minimum absolute atomic E-state index is 0.136. The van der Waals surface area contributed by atoms with Gasteiger partial charge in [-0.15, -0.1) is 0 Å². The van der Waals surface area contributed by atoms with E-state index in [-0.39, 0.29) is 5.52 Å². The lowest BCUT2D eigenvalue weighted by Gasteiger charge is -2.36. The minimum Gasteiger partial charge on any atom is -0.368 e. The molecule has 27 heavy (non-hydrogen) atoms. The molecule has 2 heterocycles. The number of benzene rings is 2. The van der Waals surface area contributed by atoms with Crippen LogP contribution in [0.3, 0.4) is 0 Å². The molecule has 3 aromatic rings. The molecule has 3 nitrogen and oxygen atoms in total. The summed E-state index contributed by atoms with van der Waals surface area (Å²) in [5.74, 6) is -1.35. The number of halogens is 5. The fraction of sp³-hybridized carbons (Fsp3) is 0.278. The first kappa shape index (κ1) is 18.0. The van der Waals surface area contributed by atoms with Crippen molar-refractivity contribution in [3.8, 4) is 0 Å². The number of hydrogen-bond donors (Lipinski definition) is 0. The molecular weight excluding hydrogens is 385 g/mol. The normalized spacial score (nSPS) is 15.6. The van der Waals surface area contributed by atoms with E-state index < -0.39 is 23.4 Å². The monoisotopic (exact) mass is 399 g/mol. The Morgan fingerprint density at radius 2 is 1.63 bits per heavy atom. The van der Waals surface area contributed by atoms with Gasteiger partial charge in [0.25, 0.3) is 0 Å². The maximum absolute atomic E-state index is 13.8. The predicted molar refractivity (Wildman–Crippen MR) is 95.4 cm³/mol. The van der Waals surface area contributed by atoms with Crippen molar-refractivity contribution in [1.29, 1.82) is 0 Å². The maximum Gasteiger partial charge on any atom is 0.416 e. The summed E-state index contributed by atoms with van der Waals surface area (Å²) in [5.41, 5.74) is -0.0234. The zero-order valence-electron chi connectivity index (χ0n) is 13.9. The number of thiazole rings is 1. The molecule has 1 saturated heterocycles. The van der Waals surface area contributed by atoms with Crippen LogP contribution < -0.4 is 9.80 Å². The quantitative estimate of drug-likeness (QED) is 0.571. The van der Waals surface area contributed by atoms with E-state index >= 15 is 0 Å². The number of rotatable bonds is 2. The predicted octanol–water partition coefficient (Wildman–Crippen LogP) is 4.92. The Hall–Kier alpha value is -2.42. The molecule has 0 bridgehead atoms. The van der Waals surface area contributed by atoms with E-state index in [0.29, 0.717) is 41.7 Å². The van der Waals surface area contributed by atoms with Gasteiger partial charge in [-0.25, -0.2) is 13.8 Å². The summed E-state index contributed by atoms with van der Waals surface area (Å²) in [6.07, 6.45) is -4.38. The van der Waals surface area contributed by atoms with Gasteiger partial charge in [0.1, 0.15) is 11.3 Å². The summed E-state index contributed by atoms with van der Waals surface area (Å²) in [7, 11) is 0. The lowest BCUT2D eigenvalue weighted by atomic mass is 10.1. The molecule has 1 aliphatic rings. The number of nitrogens with zero attached hydrogens (tertiary/aromatic N) is 3. The molecule has 2 aromatic carbocycles. The van der Waals surface area contributed by atoms with Crippen molar-refractivity contribution in [2.75, 3.05) is 36.0 Å². The van der Waals surface area contributed by atoms with Crippen LogP contribution in [0.1, 0.15) is 5.56 Å². The summed E-state index contributed by atoms with van der Waals surface area (Å²) >= 11 is 1.20. The highest BCUT2D eigenvalue weighted by molar-refractivity contribution is 7.22. The fourth-order valence-corrected chi connectivity index (χ4v) is 4.17. The Morgan fingerprint density at radius 3 is 2.33 bits per heavy atom.